The maximum atomic E-state index is 12.6. The quantitative estimate of drug-likeness (QED) is 0.275. The Morgan fingerprint density at radius 1 is 1.22 bits per heavy atom. The second-order valence-electron chi connectivity index (χ2n) is 8.56. The highest BCUT2D eigenvalue weighted by atomic mass is 79.9. The van der Waals surface area contributed by atoms with Crippen molar-refractivity contribution in [2.24, 2.45) is 5.41 Å². The van der Waals surface area contributed by atoms with Crippen molar-refractivity contribution in [3.63, 3.8) is 0 Å². The Balaban J connectivity index is 1.48. The van der Waals surface area contributed by atoms with Crippen LogP contribution in [-0.2, 0) is 9.53 Å². The van der Waals surface area contributed by atoms with E-state index in [0.29, 0.717) is 56.6 Å². The number of ether oxygens (including phenoxy) is 1. The van der Waals surface area contributed by atoms with E-state index in [1.54, 1.807) is 18.5 Å². The zero-order chi connectivity index (χ0) is 25.7. The minimum absolute atomic E-state index is 0.145. The number of nitrogens with zero attached hydrogens (tertiary/aromatic N) is 4. The summed E-state index contributed by atoms with van der Waals surface area (Å²) in [5.74, 6) is 0.491. The van der Waals surface area contributed by atoms with Gasteiger partial charge in [0.05, 0.1) is 22.2 Å². The second kappa shape index (κ2) is 11.3. The number of nitrogens with one attached hydrogen (secondary N) is 2. The average molecular weight is 574 g/mol. The van der Waals surface area contributed by atoms with Crippen molar-refractivity contribution < 1.29 is 14.3 Å². The molecular formula is C25H29BrN6O3S. The van der Waals surface area contributed by atoms with Crippen LogP contribution in [-0.4, -0.2) is 53.2 Å². The predicted octanol–water partition coefficient (Wildman–Crippen LogP) is 5.38. The van der Waals surface area contributed by atoms with Gasteiger partial charge in [0.25, 0.3) is 0 Å². The number of esters is 1. The third kappa shape index (κ3) is 5.52. The topological polar surface area (TPSA) is 109 Å². The fraction of sp³-hybridized carbons (Fsp3) is 0.400. The Morgan fingerprint density at radius 2 is 1.94 bits per heavy atom. The second-order valence-corrected chi connectivity index (χ2v) is 10.4. The number of aromatic nitrogens is 3. The van der Waals surface area contributed by atoms with Gasteiger partial charge in [0.1, 0.15) is 0 Å². The molecule has 3 heterocycles. The largest absolute Gasteiger partial charge is 0.466 e. The average Bonchev–Trinajstić information content (AvgIpc) is 3.28. The van der Waals surface area contributed by atoms with Gasteiger partial charge < -0.3 is 15.0 Å². The molecule has 4 rings (SSSR count). The van der Waals surface area contributed by atoms with Crippen molar-refractivity contribution >= 4 is 60.6 Å². The van der Waals surface area contributed by atoms with Crippen LogP contribution in [0.4, 0.5) is 15.9 Å². The maximum absolute atomic E-state index is 12.6. The fourth-order valence-corrected chi connectivity index (χ4v) is 5.87. The lowest BCUT2D eigenvalue weighted by Crippen LogP contribution is -2.45. The number of anilines is 2. The molecule has 9 nitrogen and oxygen atoms in total. The molecule has 1 aromatic carbocycles. The van der Waals surface area contributed by atoms with E-state index in [-0.39, 0.29) is 12.0 Å². The molecule has 3 aromatic rings. The molecule has 2 amide bonds. The lowest BCUT2D eigenvalue weighted by atomic mass is 9.75. The molecule has 1 fully saturated rings. The number of rotatable bonds is 8. The first kappa shape index (κ1) is 26.0. The van der Waals surface area contributed by atoms with Gasteiger partial charge in [-0.25, -0.2) is 19.7 Å². The summed E-state index contributed by atoms with van der Waals surface area (Å²) in [6.45, 7) is 9.78. The first-order valence-corrected chi connectivity index (χ1v) is 13.5. The van der Waals surface area contributed by atoms with Crippen molar-refractivity contribution in [1.82, 2.24) is 20.3 Å². The first-order valence-electron chi connectivity index (χ1n) is 11.9. The molecule has 0 radical (unpaired) electrons. The number of amides is 2. The summed E-state index contributed by atoms with van der Waals surface area (Å²) in [6.07, 6.45) is 7.34. The lowest BCUT2D eigenvalue weighted by molar-refractivity contribution is -0.156. The molecule has 190 valence electrons. The molecule has 11 heteroatoms. The highest BCUT2D eigenvalue weighted by Gasteiger charge is 2.42. The van der Waals surface area contributed by atoms with Gasteiger partial charge in [0, 0.05) is 42.1 Å². The number of thiazole rings is 1. The Labute approximate surface area is 222 Å². The van der Waals surface area contributed by atoms with Gasteiger partial charge in [-0.2, -0.15) is 0 Å². The normalized spacial score (nSPS) is 14.9. The summed E-state index contributed by atoms with van der Waals surface area (Å²) in [6, 6.07) is 3.68. The summed E-state index contributed by atoms with van der Waals surface area (Å²) in [4.78, 5) is 40.3. The Bertz CT molecular complexity index is 1250. The Hall–Kier alpha value is -3.05. The van der Waals surface area contributed by atoms with Gasteiger partial charge in [-0.1, -0.05) is 17.4 Å². The number of hydrogen-bond donors (Lipinski definition) is 2. The van der Waals surface area contributed by atoms with E-state index in [0.717, 1.165) is 25.8 Å². The zero-order valence-corrected chi connectivity index (χ0v) is 22.7. The fourth-order valence-electron chi connectivity index (χ4n) is 4.33. The highest BCUT2D eigenvalue weighted by Crippen LogP contribution is 2.38. The maximum Gasteiger partial charge on any atom is 0.321 e. The SMILES string of the molecule is C=CCC1(C(=O)OCC)CCN(c2ncc(-c3cc(Br)c4sc(NC(=O)NCC)nc4c3)cn2)CC1. The number of carbonyl (C=O) groups excluding carboxylic acids is 2. The van der Waals surface area contributed by atoms with Gasteiger partial charge >= 0.3 is 12.0 Å². The van der Waals surface area contributed by atoms with E-state index in [2.05, 4.69) is 53.0 Å². The zero-order valence-electron chi connectivity index (χ0n) is 20.3. The van der Waals surface area contributed by atoms with Crippen LogP contribution in [0, 0.1) is 5.41 Å². The number of allylic oxidation sites excluding steroid dienone is 1. The van der Waals surface area contributed by atoms with E-state index < -0.39 is 5.41 Å². The third-order valence-corrected chi connectivity index (χ3v) is 8.13. The molecule has 0 saturated carbocycles. The summed E-state index contributed by atoms with van der Waals surface area (Å²) < 4.78 is 7.17. The van der Waals surface area contributed by atoms with Crippen LogP contribution in [0.25, 0.3) is 21.3 Å². The molecule has 1 saturated heterocycles. The smallest absolute Gasteiger partial charge is 0.321 e. The van der Waals surface area contributed by atoms with Gasteiger partial charge in [-0.3, -0.25) is 10.1 Å². The highest BCUT2D eigenvalue weighted by molar-refractivity contribution is 9.10. The molecule has 2 N–H and O–H groups in total. The van der Waals surface area contributed by atoms with Crippen LogP contribution in [0.1, 0.15) is 33.1 Å². The van der Waals surface area contributed by atoms with Crippen LogP contribution in [0.15, 0.2) is 41.7 Å². The standard InChI is InChI=1S/C25H29BrN6O3S/c1-4-7-25(21(33)35-6-3)8-10-32(11-9-25)22-28-14-17(15-29-22)16-12-18(26)20-19(13-16)30-24(36-20)31-23(34)27-5-2/h4,12-15H,1,5-11H2,2-3H3,(H2,27,30,31,34). The van der Waals surface area contributed by atoms with E-state index in [1.165, 1.54) is 11.3 Å². The molecule has 1 aliphatic heterocycles. The van der Waals surface area contributed by atoms with E-state index in [4.69, 9.17) is 4.74 Å². The molecule has 0 aliphatic carbocycles. The molecular weight excluding hydrogens is 544 g/mol. The third-order valence-electron chi connectivity index (χ3n) is 6.22. The first-order chi connectivity index (χ1) is 17.4. The summed E-state index contributed by atoms with van der Waals surface area (Å²) >= 11 is 5.03. The van der Waals surface area contributed by atoms with E-state index in [9.17, 15) is 9.59 Å². The van der Waals surface area contributed by atoms with Gasteiger partial charge in [-0.15, -0.1) is 6.58 Å². The monoisotopic (exact) mass is 572 g/mol. The van der Waals surface area contributed by atoms with Gasteiger partial charge in [-0.05, 0) is 66.7 Å². The van der Waals surface area contributed by atoms with Crippen LogP contribution in [0.3, 0.4) is 0 Å². The van der Waals surface area contributed by atoms with E-state index >= 15 is 0 Å². The minimum atomic E-state index is -0.519. The molecule has 0 spiro atoms. The number of halogens is 1. The number of carbonyl (C=O) groups is 2. The lowest BCUT2D eigenvalue weighted by Gasteiger charge is -2.39. The van der Waals surface area contributed by atoms with Crippen LogP contribution < -0.4 is 15.5 Å². The molecule has 36 heavy (non-hydrogen) atoms. The minimum Gasteiger partial charge on any atom is -0.466 e. The molecule has 0 bridgehead atoms. The van der Waals surface area contributed by atoms with Crippen molar-refractivity contribution in [1.29, 1.82) is 0 Å². The molecule has 2 aromatic heterocycles. The number of benzene rings is 1. The molecule has 0 unspecified atom stereocenters. The molecule has 1 aliphatic rings. The van der Waals surface area contributed by atoms with Crippen molar-refractivity contribution in [3.8, 4) is 11.1 Å². The van der Waals surface area contributed by atoms with Gasteiger partial charge in [0.2, 0.25) is 5.95 Å². The van der Waals surface area contributed by atoms with Crippen molar-refractivity contribution in [2.45, 2.75) is 33.1 Å². The summed E-state index contributed by atoms with van der Waals surface area (Å²) in [5, 5.41) is 5.99. The van der Waals surface area contributed by atoms with Crippen LogP contribution in [0.5, 0.6) is 0 Å². The summed E-state index contributed by atoms with van der Waals surface area (Å²) in [5.41, 5.74) is 2.03. The predicted molar refractivity (Wildman–Crippen MR) is 146 cm³/mol. The summed E-state index contributed by atoms with van der Waals surface area (Å²) in [7, 11) is 0. The number of urea groups is 1. The van der Waals surface area contributed by atoms with Gasteiger partial charge in [0.15, 0.2) is 5.13 Å². The Kier molecular flexibility index (Phi) is 8.20. The molecule has 0 atom stereocenters. The number of fused-ring (bicyclic) bond motifs is 1. The van der Waals surface area contributed by atoms with Crippen molar-refractivity contribution in [3.05, 3.63) is 41.7 Å². The van der Waals surface area contributed by atoms with Crippen molar-refractivity contribution in [2.75, 3.05) is 36.5 Å². The number of piperidine rings is 1. The van der Waals surface area contributed by atoms with Crippen LogP contribution >= 0.6 is 27.3 Å². The Morgan fingerprint density at radius 3 is 2.58 bits per heavy atom. The number of hydrogen-bond acceptors (Lipinski definition) is 8. The van der Waals surface area contributed by atoms with E-state index in [1.807, 2.05) is 26.0 Å². The van der Waals surface area contributed by atoms with Crippen LogP contribution in [0.2, 0.25) is 0 Å².